The molecule has 4 rings (SSSR count). The number of rotatable bonds is 4. The molecule has 0 bridgehead atoms. The van der Waals surface area contributed by atoms with Crippen molar-refractivity contribution >= 4 is 28.4 Å². The Morgan fingerprint density at radius 3 is 2.43 bits per heavy atom. The highest BCUT2D eigenvalue weighted by atomic mass is 35.5. The highest BCUT2D eigenvalue weighted by Crippen LogP contribution is 2.17. The summed E-state index contributed by atoms with van der Waals surface area (Å²) in [6.07, 6.45) is 0. The molecule has 0 spiro atoms. The summed E-state index contributed by atoms with van der Waals surface area (Å²) in [5.74, 6) is -0.306. The van der Waals surface area contributed by atoms with Crippen LogP contribution in [0.4, 0.5) is 0 Å². The van der Waals surface area contributed by atoms with E-state index in [4.69, 9.17) is 11.6 Å². The predicted octanol–water partition coefficient (Wildman–Crippen LogP) is 3.34. The van der Waals surface area contributed by atoms with E-state index in [0.717, 1.165) is 19.6 Å². The third-order valence-electron chi connectivity index (χ3n) is 5.61. The number of hydrogen-bond acceptors (Lipinski definition) is 4. The summed E-state index contributed by atoms with van der Waals surface area (Å²) in [5.41, 5.74) is 2.81. The van der Waals surface area contributed by atoms with Gasteiger partial charge in [0, 0.05) is 44.3 Å². The summed E-state index contributed by atoms with van der Waals surface area (Å²) in [5, 5.41) is 5.28. The van der Waals surface area contributed by atoms with Gasteiger partial charge in [-0.25, -0.2) is 0 Å². The molecule has 30 heavy (non-hydrogen) atoms. The van der Waals surface area contributed by atoms with Crippen molar-refractivity contribution in [3.63, 3.8) is 0 Å². The SMILES string of the molecule is CCn1nc(C(=O)N2CCN(Cc3ccc(C)cc3)CC2)c(=O)c2cc(Cl)ccc21. The van der Waals surface area contributed by atoms with E-state index in [1.807, 2.05) is 6.92 Å². The van der Waals surface area contributed by atoms with Crippen LogP contribution >= 0.6 is 11.6 Å². The van der Waals surface area contributed by atoms with Gasteiger partial charge in [-0.05, 0) is 37.6 Å². The summed E-state index contributed by atoms with van der Waals surface area (Å²) in [6, 6.07) is 13.6. The van der Waals surface area contributed by atoms with Gasteiger partial charge in [0.05, 0.1) is 10.9 Å². The van der Waals surface area contributed by atoms with Gasteiger partial charge in [-0.15, -0.1) is 0 Å². The molecule has 0 N–H and O–H groups in total. The molecule has 0 aliphatic carbocycles. The van der Waals surface area contributed by atoms with E-state index in [1.54, 1.807) is 27.8 Å². The van der Waals surface area contributed by atoms with Crippen molar-refractivity contribution in [3.05, 3.63) is 74.5 Å². The van der Waals surface area contributed by atoms with Crippen molar-refractivity contribution in [1.82, 2.24) is 19.6 Å². The first-order chi connectivity index (χ1) is 14.5. The van der Waals surface area contributed by atoms with Gasteiger partial charge in [0.1, 0.15) is 0 Å². The number of piperazine rings is 1. The minimum Gasteiger partial charge on any atom is -0.335 e. The molecule has 156 valence electrons. The second-order valence-electron chi connectivity index (χ2n) is 7.71. The highest BCUT2D eigenvalue weighted by molar-refractivity contribution is 6.31. The van der Waals surface area contributed by atoms with Crippen LogP contribution in [0, 0.1) is 6.92 Å². The molecule has 0 saturated carbocycles. The molecule has 1 aliphatic rings. The third-order valence-corrected chi connectivity index (χ3v) is 5.84. The largest absolute Gasteiger partial charge is 0.335 e. The van der Waals surface area contributed by atoms with Crippen molar-refractivity contribution in [2.75, 3.05) is 26.2 Å². The lowest BCUT2D eigenvalue weighted by molar-refractivity contribution is 0.0619. The summed E-state index contributed by atoms with van der Waals surface area (Å²) < 4.78 is 1.69. The number of hydrogen-bond donors (Lipinski definition) is 0. The molecule has 1 fully saturated rings. The number of benzene rings is 2. The smallest absolute Gasteiger partial charge is 0.278 e. The van der Waals surface area contributed by atoms with Crippen LogP contribution in [-0.4, -0.2) is 51.7 Å². The Hall–Kier alpha value is -2.70. The van der Waals surface area contributed by atoms with Gasteiger partial charge < -0.3 is 4.90 Å². The van der Waals surface area contributed by atoms with Crippen LogP contribution in [0.1, 0.15) is 28.5 Å². The fraction of sp³-hybridized carbons (Fsp3) is 0.348. The Labute approximate surface area is 180 Å². The van der Waals surface area contributed by atoms with E-state index in [0.29, 0.717) is 35.6 Å². The number of halogens is 1. The minimum absolute atomic E-state index is 0.0291. The zero-order valence-corrected chi connectivity index (χ0v) is 18.0. The number of fused-ring (bicyclic) bond motifs is 1. The Bertz CT molecular complexity index is 1130. The molecule has 2 heterocycles. The van der Waals surface area contributed by atoms with E-state index in [-0.39, 0.29) is 17.0 Å². The van der Waals surface area contributed by atoms with Gasteiger partial charge in [-0.2, -0.15) is 5.10 Å². The normalized spacial score (nSPS) is 15.0. The summed E-state index contributed by atoms with van der Waals surface area (Å²) >= 11 is 6.09. The van der Waals surface area contributed by atoms with Crippen molar-refractivity contribution in [1.29, 1.82) is 0 Å². The maximum absolute atomic E-state index is 13.1. The Kier molecular flexibility index (Phi) is 5.88. The zero-order chi connectivity index (χ0) is 21.3. The number of amides is 1. The van der Waals surface area contributed by atoms with Crippen LogP contribution in [0.2, 0.25) is 5.02 Å². The third kappa shape index (κ3) is 4.11. The van der Waals surface area contributed by atoms with Gasteiger partial charge in [0.25, 0.3) is 5.91 Å². The summed E-state index contributed by atoms with van der Waals surface area (Å²) in [7, 11) is 0. The van der Waals surface area contributed by atoms with E-state index in [1.165, 1.54) is 11.1 Å². The zero-order valence-electron chi connectivity index (χ0n) is 17.3. The van der Waals surface area contributed by atoms with Crippen LogP contribution in [-0.2, 0) is 13.1 Å². The lowest BCUT2D eigenvalue weighted by atomic mass is 10.1. The maximum Gasteiger partial charge on any atom is 0.278 e. The molecule has 7 heteroatoms. The standard InChI is InChI=1S/C23H25ClN4O2/c1-3-28-20-9-8-18(24)14-19(20)22(29)21(25-28)23(30)27-12-10-26(11-13-27)15-17-6-4-16(2)5-7-17/h4-9,14H,3,10-13,15H2,1-2H3. The number of aryl methyl sites for hydroxylation is 2. The number of carbonyl (C=O) groups is 1. The quantitative estimate of drug-likeness (QED) is 0.644. The van der Waals surface area contributed by atoms with Crippen molar-refractivity contribution < 1.29 is 4.79 Å². The van der Waals surface area contributed by atoms with Crippen LogP contribution in [0.5, 0.6) is 0 Å². The fourth-order valence-electron chi connectivity index (χ4n) is 3.85. The second-order valence-corrected chi connectivity index (χ2v) is 8.15. The molecular formula is C23H25ClN4O2. The van der Waals surface area contributed by atoms with Gasteiger partial charge in [0.2, 0.25) is 5.43 Å². The summed E-state index contributed by atoms with van der Waals surface area (Å²) in [4.78, 5) is 30.1. The molecule has 3 aromatic rings. The van der Waals surface area contributed by atoms with Gasteiger partial charge in [-0.3, -0.25) is 19.2 Å². The first-order valence-electron chi connectivity index (χ1n) is 10.2. The van der Waals surface area contributed by atoms with Crippen LogP contribution in [0.25, 0.3) is 10.9 Å². The summed E-state index contributed by atoms with van der Waals surface area (Å²) in [6.45, 7) is 8.11. The van der Waals surface area contributed by atoms with E-state index < -0.39 is 0 Å². The van der Waals surface area contributed by atoms with Crippen LogP contribution in [0.15, 0.2) is 47.3 Å². The highest BCUT2D eigenvalue weighted by Gasteiger charge is 2.26. The van der Waals surface area contributed by atoms with Crippen molar-refractivity contribution in [2.45, 2.75) is 26.9 Å². The molecule has 2 aromatic carbocycles. The van der Waals surface area contributed by atoms with Crippen molar-refractivity contribution in [3.8, 4) is 0 Å². The average molecular weight is 425 g/mol. The Morgan fingerprint density at radius 1 is 1.07 bits per heavy atom. The molecule has 0 atom stereocenters. The van der Waals surface area contributed by atoms with Crippen molar-refractivity contribution in [2.24, 2.45) is 0 Å². The molecule has 0 radical (unpaired) electrons. The van der Waals surface area contributed by atoms with Gasteiger partial charge in [0.15, 0.2) is 5.69 Å². The van der Waals surface area contributed by atoms with E-state index >= 15 is 0 Å². The maximum atomic E-state index is 13.1. The first-order valence-corrected chi connectivity index (χ1v) is 10.6. The molecule has 1 saturated heterocycles. The van der Waals surface area contributed by atoms with Crippen LogP contribution in [0.3, 0.4) is 0 Å². The Morgan fingerprint density at radius 2 is 1.77 bits per heavy atom. The van der Waals surface area contributed by atoms with E-state index in [2.05, 4.69) is 41.2 Å². The monoisotopic (exact) mass is 424 g/mol. The van der Waals surface area contributed by atoms with Crippen LogP contribution < -0.4 is 5.43 Å². The lowest BCUT2D eigenvalue weighted by Crippen LogP contribution is -2.49. The first kappa shape index (κ1) is 20.6. The second kappa shape index (κ2) is 8.58. The lowest BCUT2D eigenvalue weighted by Gasteiger charge is -2.34. The molecule has 1 aromatic heterocycles. The number of aromatic nitrogens is 2. The van der Waals surface area contributed by atoms with Gasteiger partial charge >= 0.3 is 0 Å². The fourth-order valence-corrected chi connectivity index (χ4v) is 4.03. The molecule has 1 aliphatic heterocycles. The molecule has 0 unspecified atom stereocenters. The molecule has 6 nitrogen and oxygen atoms in total. The van der Waals surface area contributed by atoms with E-state index in [9.17, 15) is 9.59 Å². The Balaban J connectivity index is 1.51. The molecular weight excluding hydrogens is 400 g/mol. The average Bonchev–Trinajstić information content (AvgIpc) is 2.76. The predicted molar refractivity (Wildman–Crippen MR) is 119 cm³/mol. The van der Waals surface area contributed by atoms with Gasteiger partial charge in [-0.1, -0.05) is 41.4 Å². The number of nitrogens with zero attached hydrogens (tertiary/aromatic N) is 4. The topological polar surface area (TPSA) is 58.4 Å². The number of carbonyl (C=O) groups excluding carboxylic acids is 1. The minimum atomic E-state index is -0.357. The molecule has 1 amide bonds.